The Kier molecular flexibility index (Phi) is 4.97. The lowest BCUT2D eigenvalue weighted by Crippen LogP contribution is -2.48. The van der Waals surface area contributed by atoms with Crippen molar-refractivity contribution in [3.63, 3.8) is 0 Å². The maximum atomic E-state index is 10.8. The minimum atomic E-state index is -0.702. The summed E-state index contributed by atoms with van der Waals surface area (Å²) in [5.74, 6) is 0.104. The fourth-order valence-electron chi connectivity index (χ4n) is 2.95. The van der Waals surface area contributed by atoms with Crippen molar-refractivity contribution in [2.45, 2.75) is 38.6 Å². The van der Waals surface area contributed by atoms with E-state index in [1.54, 1.807) is 0 Å². The van der Waals surface area contributed by atoms with E-state index in [0.29, 0.717) is 6.42 Å². The molecule has 0 spiro atoms. The fourth-order valence-corrected chi connectivity index (χ4v) is 2.95. The van der Waals surface area contributed by atoms with E-state index in [-0.39, 0.29) is 12.5 Å². The van der Waals surface area contributed by atoms with Crippen LogP contribution in [0.1, 0.15) is 44.2 Å². The molecule has 1 aliphatic rings. The molecule has 19 heavy (non-hydrogen) atoms. The molecule has 1 saturated heterocycles. The van der Waals surface area contributed by atoms with Crippen LogP contribution in [0, 0.1) is 5.92 Å². The maximum Gasteiger partial charge on any atom is 0.303 e. The largest absolute Gasteiger partial charge is 0.481 e. The highest BCUT2D eigenvalue weighted by molar-refractivity contribution is 5.66. The minimum Gasteiger partial charge on any atom is -0.481 e. The second kappa shape index (κ2) is 6.71. The zero-order valence-corrected chi connectivity index (χ0v) is 11.6. The Balaban J connectivity index is 1.98. The van der Waals surface area contributed by atoms with Crippen LogP contribution in [-0.4, -0.2) is 29.1 Å². The minimum absolute atomic E-state index is 0.245. The van der Waals surface area contributed by atoms with E-state index in [4.69, 9.17) is 5.11 Å². The van der Waals surface area contributed by atoms with E-state index in [9.17, 15) is 4.79 Å². The topological polar surface area (TPSA) is 40.5 Å². The van der Waals surface area contributed by atoms with Crippen LogP contribution in [-0.2, 0) is 4.79 Å². The zero-order valence-electron chi connectivity index (χ0n) is 11.6. The summed E-state index contributed by atoms with van der Waals surface area (Å²) in [5, 5.41) is 8.90. The Morgan fingerprint density at radius 2 is 2.05 bits per heavy atom. The quantitative estimate of drug-likeness (QED) is 0.818. The molecule has 0 amide bonds. The van der Waals surface area contributed by atoms with Gasteiger partial charge >= 0.3 is 5.97 Å². The lowest BCUT2D eigenvalue weighted by molar-refractivity contribution is -0.137. The molecule has 2 rings (SSSR count). The van der Waals surface area contributed by atoms with Crippen molar-refractivity contribution < 1.29 is 9.90 Å². The van der Waals surface area contributed by atoms with E-state index in [1.807, 2.05) is 18.2 Å². The van der Waals surface area contributed by atoms with Crippen LogP contribution in [0.4, 0.5) is 0 Å². The first-order valence-corrected chi connectivity index (χ1v) is 7.21. The molecule has 0 bridgehead atoms. The van der Waals surface area contributed by atoms with Gasteiger partial charge in [0.05, 0.1) is 0 Å². The summed E-state index contributed by atoms with van der Waals surface area (Å²) in [6, 6.07) is 10.6. The summed E-state index contributed by atoms with van der Waals surface area (Å²) in [4.78, 5) is 13.2. The van der Waals surface area contributed by atoms with Crippen molar-refractivity contribution in [3.05, 3.63) is 35.9 Å². The van der Waals surface area contributed by atoms with Gasteiger partial charge in [0.25, 0.3) is 0 Å². The van der Waals surface area contributed by atoms with Gasteiger partial charge < -0.3 is 5.11 Å². The molecule has 1 atom stereocenters. The Labute approximate surface area is 115 Å². The zero-order chi connectivity index (χ0) is 13.7. The second-order valence-electron chi connectivity index (χ2n) is 5.47. The van der Waals surface area contributed by atoms with Gasteiger partial charge in [0.2, 0.25) is 0 Å². The van der Waals surface area contributed by atoms with E-state index >= 15 is 0 Å². The van der Waals surface area contributed by atoms with Gasteiger partial charge in [-0.15, -0.1) is 0 Å². The Morgan fingerprint density at radius 1 is 1.37 bits per heavy atom. The number of hydrogen-bond donors (Lipinski definition) is 1. The molecule has 1 heterocycles. The highest BCUT2D eigenvalue weighted by Crippen LogP contribution is 2.33. The number of likely N-dealkylation sites (tertiary alicyclic amines) is 1. The van der Waals surface area contributed by atoms with Crippen molar-refractivity contribution in [3.8, 4) is 0 Å². The first-order valence-electron chi connectivity index (χ1n) is 7.21. The molecule has 1 fully saturated rings. The fraction of sp³-hybridized carbons (Fsp3) is 0.562. The van der Waals surface area contributed by atoms with Crippen molar-refractivity contribution in [2.75, 3.05) is 13.1 Å². The number of carboxylic acids is 1. The Morgan fingerprint density at radius 3 is 2.63 bits per heavy atom. The molecule has 0 saturated carbocycles. The molecule has 0 aliphatic carbocycles. The Bertz CT molecular complexity index is 398. The molecule has 104 valence electrons. The Hall–Kier alpha value is -1.35. The lowest BCUT2D eigenvalue weighted by Gasteiger charge is -2.44. The van der Waals surface area contributed by atoms with Gasteiger partial charge in [-0.25, -0.2) is 0 Å². The number of carbonyl (C=O) groups is 1. The van der Waals surface area contributed by atoms with Crippen LogP contribution in [0.15, 0.2) is 30.3 Å². The number of nitrogens with zero attached hydrogens (tertiary/aromatic N) is 1. The summed E-state index contributed by atoms with van der Waals surface area (Å²) >= 11 is 0. The summed E-state index contributed by atoms with van der Waals surface area (Å²) < 4.78 is 0. The standard InChI is InChI=1S/C16H23NO2/c1-2-6-13-11-17(12-13)15(9-10-16(18)19)14-7-4-3-5-8-14/h3-5,7-8,13,15H,2,6,9-12H2,1H3,(H,18,19). The summed E-state index contributed by atoms with van der Waals surface area (Å²) in [5.41, 5.74) is 1.25. The average Bonchev–Trinajstić information content (AvgIpc) is 2.36. The van der Waals surface area contributed by atoms with E-state index in [1.165, 1.54) is 18.4 Å². The molecular formula is C16H23NO2. The molecular weight excluding hydrogens is 238 g/mol. The lowest BCUT2D eigenvalue weighted by atomic mass is 9.89. The normalized spacial score (nSPS) is 17.9. The predicted octanol–water partition coefficient (Wildman–Crippen LogP) is 3.32. The third kappa shape index (κ3) is 3.80. The molecule has 0 radical (unpaired) electrons. The predicted molar refractivity (Wildman–Crippen MR) is 76.0 cm³/mol. The number of rotatable bonds is 7. The molecule has 1 aliphatic heterocycles. The molecule has 1 aromatic rings. The molecule has 1 unspecified atom stereocenters. The van der Waals surface area contributed by atoms with Crippen molar-refractivity contribution in [1.29, 1.82) is 0 Å². The van der Waals surface area contributed by atoms with E-state index in [2.05, 4.69) is 24.0 Å². The van der Waals surface area contributed by atoms with Crippen LogP contribution >= 0.6 is 0 Å². The van der Waals surface area contributed by atoms with Gasteiger partial charge in [-0.05, 0) is 24.3 Å². The third-order valence-electron chi connectivity index (χ3n) is 3.94. The van der Waals surface area contributed by atoms with Crippen molar-refractivity contribution in [1.82, 2.24) is 4.90 Å². The molecule has 1 N–H and O–H groups in total. The molecule has 1 aromatic carbocycles. The summed E-state index contributed by atoms with van der Waals surface area (Å²) in [7, 11) is 0. The van der Waals surface area contributed by atoms with Gasteiger partial charge in [-0.3, -0.25) is 9.69 Å². The summed E-state index contributed by atoms with van der Waals surface area (Å²) in [6.45, 7) is 4.46. The smallest absolute Gasteiger partial charge is 0.303 e. The third-order valence-corrected chi connectivity index (χ3v) is 3.94. The van der Waals surface area contributed by atoms with Crippen molar-refractivity contribution >= 4 is 5.97 Å². The van der Waals surface area contributed by atoms with E-state index < -0.39 is 5.97 Å². The van der Waals surface area contributed by atoms with Gasteiger partial charge in [-0.1, -0.05) is 43.7 Å². The number of hydrogen-bond acceptors (Lipinski definition) is 2. The van der Waals surface area contributed by atoms with Gasteiger partial charge in [0.1, 0.15) is 0 Å². The molecule has 3 nitrogen and oxygen atoms in total. The van der Waals surface area contributed by atoms with Crippen LogP contribution in [0.3, 0.4) is 0 Å². The van der Waals surface area contributed by atoms with Gasteiger partial charge in [-0.2, -0.15) is 0 Å². The van der Waals surface area contributed by atoms with Crippen LogP contribution in [0.2, 0.25) is 0 Å². The highest BCUT2D eigenvalue weighted by Gasteiger charge is 2.32. The van der Waals surface area contributed by atoms with E-state index in [0.717, 1.165) is 19.0 Å². The second-order valence-corrected chi connectivity index (χ2v) is 5.47. The van der Waals surface area contributed by atoms with Crippen molar-refractivity contribution in [2.24, 2.45) is 5.92 Å². The summed E-state index contributed by atoms with van der Waals surface area (Å²) in [6.07, 6.45) is 3.48. The van der Waals surface area contributed by atoms with Crippen LogP contribution in [0.25, 0.3) is 0 Å². The SMILES string of the molecule is CCCC1CN(C(CCC(=O)O)c2ccccc2)C1. The highest BCUT2D eigenvalue weighted by atomic mass is 16.4. The number of carboxylic acid groups (broad SMARTS) is 1. The molecule has 3 heteroatoms. The van der Waals surface area contributed by atoms with Gasteiger partial charge in [0.15, 0.2) is 0 Å². The first kappa shape index (κ1) is 14.1. The van der Waals surface area contributed by atoms with Crippen LogP contribution < -0.4 is 0 Å². The number of benzene rings is 1. The average molecular weight is 261 g/mol. The molecule has 0 aromatic heterocycles. The maximum absolute atomic E-state index is 10.8. The van der Waals surface area contributed by atoms with Crippen LogP contribution in [0.5, 0.6) is 0 Å². The first-order chi connectivity index (χ1) is 9.20. The monoisotopic (exact) mass is 261 g/mol. The van der Waals surface area contributed by atoms with Gasteiger partial charge in [0, 0.05) is 25.6 Å². The number of aliphatic carboxylic acids is 1.